The quantitative estimate of drug-likeness (QED) is 0.331. The highest BCUT2D eigenvalue weighted by Crippen LogP contribution is 2.09. The number of likely N-dealkylation sites (tertiary alicyclic amines) is 1. The van der Waals surface area contributed by atoms with Crippen LogP contribution in [0.2, 0.25) is 0 Å². The Bertz CT molecular complexity index is 531. The first-order valence-electron chi connectivity index (χ1n) is 7.76. The molecule has 2 rings (SSSR count). The summed E-state index contributed by atoms with van der Waals surface area (Å²) in [7, 11) is 0. The van der Waals surface area contributed by atoms with Crippen LogP contribution in [0, 0.1) is 5.82 Å². The molecule has 1 heterocycles. The van der Waals surface area contributed by atoms with Crippen LogP contribution in [-0.2, 0) is 0 Å². The zero-order valence-electron chi connectivity index (χ0n) is 13.1. The average molecular weight is 434 g/mol. The number of guanidine groups is 1. The Morgan fingerprint density at radius 1 is 1.22 bits per heavy atom. The van der Waals surface area contributed by atoms with E-state index in [-0.39, 0.29) is 29.5 Å². The van der Waals surface area contributed by atoms with Crippen molar-refractivity contribution >= 4 is 35.8 Å². The lowest BCUT2D eigenvalue weighted by atomic mass is 10.2. The topological polar surface area (TPSA) is 70.7 Å². The van der Waals surface area contributed by atoms with Crippen molar-refractivity contribution in [3.05, 3.63) is 35.6 Å². The van der Waals surface area contributed by atoms with Crippen molar-refractivity contribution in [2.24, 2.45) is 10.7 Å². The van der Waals surface area contributed by atoms with E-state index in [0.29, 0.717) is 19.0 Å². The molecule has 7 heteroatoms. The smallest absolute Gasteiger partial charge is 0.254 e. The summed E-state index contributed by atoms with van der Waals surface area (Å²) >= 11 is 0. The molecule has 0 bridgehead atoms. The van der Waals surface area contributed by atoms with Gasteiger partial charge in [-0.2, -0.15) is 0 Å². The summed E-state index contributed by atoms with van der Waals surface area (Å²) in [4.78, 5) is 18.2. The second-order valence-electron chi connectivity index (χ2n) is 5.38. The molecule has 0 radical (unpaired) electrons. The highest BCUT2D eigenvalue weighted by atomic mass is 127. The molecule has 5 nitrogen and oxygen atoms in total. The SMILES string of the molecule is I.NC(=NCCNC(=O)c1ccccc1F)N1CCCCCC1. The summed E-state index contributed by atoms with van der Waals surface area (Å²) in [5.74, 6) is -0.420. The van der Waals surface area contributed by atoms with E-state index in [9.17, 15) is 9.18 Å². The van der Waals surface area contributed by atoms with Crippen LogP contribution in [0.4, 0.5) is 4.39 Å². The number of nitrogens with two attached hydrogens (primary N) is 1. The zero-order valence-corrected chi connectivity index (χ0v) is 15.5. The van der Waals surface area contributed by atoms with Gasteiger partial charge in [0.05, 0.1) is 12.1 Å². The third-order valence-corrected chi connectivity index (χ3v) is 3.72. The van der Waals surface area contributed by atoms with Crippen molar-refractivity contribution in [3.8, 4) is 0 Å². The molecule has 1 aliphatic heterocycles. The Kier molecular flexibility index (Phi) is 8.90. The Hall–Kier alpha value is -1.38. The van der Waals surface area contributed by atoms with Crippen LogP contribution in [0.5, 0.6) is 0 Å². The average Bonchev–Trinajstić information content (AvgIpc) is 2.81. The molecular weight excluding hydrogens is 410 g/mol. The van der Waals surface area contributed by atoms with Gasteiger partial charge in [0.15, 0.2) is 5.96 Å². The van der Waals surface area contributed by atoms with E-state index in [0.717, 1.165) is 25.9 Å². The molecule has 3 N–H and O–H groups in total. The zero-order chi connectivity index (χ0) is 15.8. The molecule has 0 aromatic heterocycles. The van der Waals surface area contributed by atoms with Gasteiger partial charge in [0, 0.05) is 19.6 Å². The molecule has 0 atom stereocenters. The lowest BCUT2D eigenvalue weighted by Gasteiger charge is -2.21. The third kappa shape index (κ3) is 6.32. The normalized spacial score (nSPS) is 15.5. The Balaban J connectivity index is 0.00000264. The first-order valence-corrected chi connectivity index (χ1v) is 7.76. The Morgan fingerprint density at radius 3 is 2.52 bits per heavy atom. The van der Waals surface area contributed by atoms with E-state index in [4.69, 9.17) is 5.73 Å². The van der Waals surface area contributed by atoms with Gasteiger partial charge in [0.2, 0.25) is 0 Å². The second kappa shape index (κ2) is 10.4. The van der Waals surface area contributed by atoms with Crippen LogP contribution in [-0.4, -0.2) is 42.9 Å². The molecule has 0 saturated carbocycles. The maximum absolute atomic E-state index is 13.4. The number of amides is 1. The molecule has 128 valence electrons. The van der Waals surface area contributed by atoms with Gasteiger partial charge in [-0.05, 0) is 25.0 Å². The van der Waals surface area contributed by atoms with Crippen molar-refractivity contribution < 1.29 is 9.18 Å². The summed E-state index contributed by atoms with van der Waals surface area (Å²) in [5.41, 5.74) is 6.02. The number of benzene rings is 1. The summed E-state index contributed by atoms with van der Waals surface area (Å²) in [5, 5.41) is 2.65. The summed E-state index contributed by atoms with van der Waals surface area (Å²) in [6.45, 7) is 2.61. The van der Waals surface area contributed by atoms with E-state index in [1.165, 1.54) is 25.0 Å². The maximum Gasteiger partial charge on any atom is 0.254 e. The Labute approximate surface area is 153 Å². The number of hydrogen-bond acceptors (Lipinski definition) is 2. The summed E-state index contributed by atoms with van der Waals surface area (Å²) < 4.78 is 13.4. The van der Waals surface area contributed by atoms with Crippen LogP contribution >= 0.6 is 24.0 Å². The summed E-state index contributed by atoms with van der Waals surface area (Å²) in [6, 6.07) is 5.91. The van der Waals surface area contributed by atoms with E-state index >= 15 is 0 Å². The van der Waals surface area contributed by atoms with Crippen LogP contribution in [0.1, 0.15) is 36.0 Å². The monoisotopic (exact) mass is 434 g/mol. The lowest BCUT2D eigenvalue weighted by molar-refractivity contribution is 0.0951. The minimum absolute atomic E-state index is 0. The number of aliphatic imine (C=N–C) groups is 1. The molecule has 1 saturated heterocycles. The van der Waals surface area contributed by atoms with Crippen molar-refractivity contribution in [2.75, 3.05) is 26.2 Å². The highest BCUT2D eigenvalue weighted by molar-refractivity contribution is 14.0. The fourth-order valence-corrected chi connectivity index (χ4v) is 2.48. The van der Waals surface area contributed by atoms with Crippen LogP contribution in [0.25, 0.3) is 0 Å². The number of carbonyl (C=O) groups is 1. The van der Waals surface area contributed by atoms with E-state index < -0.39 is 11.7 Å². The number of carbonyl (C=O) groups excluding carboxylic acids is 1. The molecule has 1 aliphatic rings. The van der Waals surface area contributed by atoms with Crippen molar-refractivity contribution in [1.82, 2.24) is 10.2 Å². The van der Waals surface area contributed by atoms with Crippen molar-refractivity contribution in [1.29, 1.82) is 0 Å². The van der Waals surface area contributed by atoms with Gasteiger partial charge >= 0.3 is 0 Å². The first-order chi connectivity index (χ1) is 10.7. The van der Waals surface area contributed by atoms with Crippen LogP contribution in [0.3, 0.4) is 0 Å². The molecule has 1 aromatic carbocycles. The molecule has 0 spiro atoms. The number of hydrogen-bond donors (Lipinski definition) is 2. The third-order valence-electron chi connectivity index (χ3n) is 3.72. The second-order valence-corrected chi connectivity index (χ2v) is 5.38. The standard InChI is InChI=1S/C16H23FN4O.HI/c17-14-8-4-3-7-13(14)15(22)19-9-10-20-16(18)21-11-5-1-2-6-12-21;/h3-4,7-8H,1-2,5-6,9-12H2,(H2,18,20)(H,19,22);1H. The minimum Gasteiger partial charge on any atom is -0.370 e. The van der Waals surface area contributed by atoms with Crippen LogP contribution in [0.15, 0.2) is 29.3 Å². The maximum atomic E-state index is 13.4. The van der Waals surface area contributed by atoms with Gasteiger partial charge in [-0.25, -0.2) is 4.39 Å². The molecule has 23 heavy (non-hydrogen) atoms. The van der Waals surface area contributed by atoms with E-state index in [1.54, 1.807) is 12.1 Å². The fraction of sp³-hybridized carbons (Fsp3) is 0.500. The Morgan fingerprint density at radius 2 is 1.87 bits per heavy atom. The molecule has 0 aliphatic carbocycles. The van der Waals surface area contributed by atoms with Gasteiger partial charge in [-0.15, -0.1) is 24.0 Å². The van der Waals surface area contributed by atoms with Crippen molar-refractivity contribution in [3.63, 3.8) is 0 Å². The van der Waals surface area contributed by atoms with Gasteiger partial charge in [0.1, 0.15) is 5.82 Å². The molecule has 1 aromatic rings. The number of rotatable bonds is 4. The van der Waals surface area contributed by atoms with Gasteiger partial charge in [0.25, 0.3) is 5.91 Å². The first kappa shape index (κ1) is 19.7. The molecule has 0 unspecified atom stereocenters. The number of nitrogens with zero attached hydrogens (tertiary/aromatic N) is 2. The molecule has 1 amide bonds. The number of nitrogens with one attached hydrogen (secondary N) is 1. The molecule has 1 fully saturated rings. The number of halogens is 2. The van der Waals surface area contributed by atoms with E-state index in [2.05, 4.69) is 15.2 Å². The predicted octanol–water partition coefficient (Wildman–Crippen LogP) is 2.36. The van der Waals surface area contributed by atoms with Crippen LogP contribution < -0.4 is 11.1 Å². The van der Waals surface area contributed by atoms with Gasteiger partial charge in [-0.3, -0.25) is 9.79 Å². The van der Waals surface area contributed by atoms with E-state index in [1.807, 2.05) is 0 Å². The largest absolute Gasteiger partial charge is 0.370 e. The van der Waals surface area contributed by atoms with Gasteiger partial charge < -0.3 is 16.0 Å². The highest BCUT2D eigenvalue weighted by Gasteiger charge is 2.11. The predicted molar refractivity (Wildman–Crippen MR) is 101 cm³/mol. The van der Waals surface area contributed by atoms with Crippen molar-refractivity contribution in [2.45, 2.75) is 25.7 Å². The lowest BCUT2D eigenvalue weighted by Crippen LogP contribution is -2.38. The summed E-state index contributed by atoms with van der Waals surface area (Å²) in [6.07, 6.45) is 4.76. The van der Waals surface area contributed by atoms with Gasteiger partial charge in [-0.1, -0.05) is 25.0 Å². The minimum atomic E-state index is -0.521. The fourth-order valence-electron chi connectivity index (χ4n) is 2.48. The molecular formula is C16H24FIN4O.